The maximum absolute atomic E-state index is 12.6. The number of rotatable bonds is 4. The lowest BCUT2D eigenvalue weighted by molar-refractivity contribution is 0.0602. The number of carbonyl (C=O) groups is 1. The Kier molecular flexibility index (Phi) is 3.83. The second-order valence-corrected chi connectivity index (χ2v) is 6.10. The summed E-state index contributed by atoms with van der Waals surface area (Å²) in [5.74, 6) is 0.493. The molecule has 1 aliphatic heterocycles. The summed E-state index contributed by atoms with van der Waals surface area (Å²) in [5.41, 5.74) is 3.02. The zero-order valence-electron chi connectivity index (χ0n) is 13.2. The van der Waals surface area contributed by atoms with E-state index in [9.17, 15) is 4.79 Å². The molecule has 0 aliphatic carbocycles. The summed E-state index contributed by atoms with van der Waals surface area (Å²) >= 11 is 0. The first kappa shape index (κ1) is 14.6. The Bertz CT molecular complexity index is 824. The molecular formula is C19H18N4O. The minimum atomic E-state index is 0.0949. The van der Waals surface area contributed by atoms with E-state index in [1.165, 1.54) is 5.56 Å². The molecule has 0 spiro atoms. The van der Waals surface area contributed by atoms with Gasteiger partial charge in [-0.3, -0.25) is 14.5 Å². The third kappa shape index (κ3) is 2.93. The van der Waals surface area contributed by atoms with Crippen LogP contribution in [0.2, 0.25) is 0 Å². The lowest BCUT2D eigenvalue weighted by Crippen LogP contribution is -2.48. The van der Waals surface area contributed by atoms with Crippen molar-refractivity contribution in [3.63, 3.8) is 0 Å². The van der Waals surface area contributed by atoms with Gasteiger partial charge in [0.15, 0.2) is 0 Å². The predicted octanol–water partition coefficient (Wildman–Crippen LogP) is 2.57. The van der Waals surface area contributed by atoms with E-state index in [0.29, 0.717) is 12.5 Å². The van der Waals surface area contributed by atoms with Crippen molar-refractivity contribution in [1.82, 2.24) is 19.7 Å². The van der Waals surface area contributed by atoms with Crippen LogP contribution in [0.3, 0.4) is 0 Å². The average Bonchev–Trinajstić information content (AvgIpc) is 3.08. The van der Waals surface area contributed by atoms with Gasteiger partial charge >= 0.3 is 0 Å². The Morgan fingerprint density at radius 1 is 1.12 bits per heavy atom. The fourth-order valence-electron chi connectivity index (χ4n) is 3.04. The SMILES string of the molecule is O=C(c1cccc(Cn2cccn2)c1)N1CC(c2cccnc2)C1. The van der Waals surface area contributed by atoms with Gasteiger partial charge in [0, 0.05) is 49.4 Å². The summed E-state index contributed by atoms with van der Waals surface area (Å²) in [7, 11) is 0. The number of likely N-dealkylation sites (tertiary alicyclic amines) is 1. The van der Waals surface area contributed by atoms with E-state index in [2.05, 4.69) is 16.1 Å². The van der Waals surface area contributed by atoms with Gasteiger partial charge in [-0.1, -0.05) is 18.2 Å². The number of pyridine rings is 1. The number of hydrogen-bond acceptors (Lipinski definition) is 3. The summed E-state index contributed by atoms with van der Waals surface area (Å²) in [5, 5.41) is 4.21. The van der Waals surface area contributed by atoms with Crippen molar-refractivity contribution < 1.29 is 4.79 Å². The van der Waals surface area contributed by atoms with E-state index in [1.807, 2.05) is 58.4 Å². The standard InChI is InChI=1S/C19H18N4O/c24-19(22-13-18(14-22)17-6-2-7-20-11-17)16-5-1-4-15(10-16)12-23-9-3-8-21-23/h1-11,18H,12-14H2. The van der Waals surface area contributed by atoms with Gasteiger partial charge in [-0.2, -0.15) is 5.10 Å². The van der Waals surface area contributed by atoms with E-state index in [0.717, 1.165) is 24.2 Å². The zero-order chi connectivity index (χ0) is 16.4. The molecule has 0 N–H and O–H groups in total. The van der Waals surface area contributed by atoms with Gasteiger partial charge in [0.1, 0.15) is 0 Å². The van der Waals surface area contributed by atoms with Gasteiger partial charge in [0.05, 0.1) is 6.54 Å². The second-order valence-electron chi connectivity index (χ2n) is 6.10. The lowest BCUT2D eigenvalue weighted by atomic mass is 9.92. The molecule has 1 amide bonds. The normalized spacial score (nSPS) is 14.4. The molecule has 0 unspecified atom stereocenters. The summed E-state index contributed by atoms with van der Waals surface area (Å²) < 4.78 is 1.85. The molecule has 3 aromatic rings. The van der Waals surface area contributed by atoms with Crippen LogP contribution in [0, 0.1) is 0 Å². The summed E-state index contributed by atoms with van der Waals surface area (Å²) in [4.78, 5) is 18.7. The first-order valence-electron chi connectivity index (χ1n) is 8.05. The Morgan fingerprint density at radius 3 is 2.79 bits per heavy atom. The van der Waals surface area contributed by atoms with Crippen molar-refractivity contribution in [3.8, 4) is 0 Å². The summed E-state index contributed by atoms with van der Waals surface area (Å²) in [6.07, 6.45) is 7.34. The highest BCUT2D eigenvalue weighted by atomic mass is 16.2. The van der Waals surface area contributed by atoms with E-state index < -0.39 is 0 Å². The fraction of sp³-hybridized carbons (Fsp3) is 0.211. The maximum Gasteiger partial charge on any atom is 0.253 e. The molecule has 2 aromatic heterocycles. The van der Waals surface area contributed by atoms with Crippen LogP contribution in [0.15, 0.2) is 67.3 Å². The highest BCUT2D eigenvalue weighted by molar-refractivity contribution is 5.95. The zero-order valence-corrected chi connectivity index (χ0v) is 13.2. The van der Waals surface area contributed by atoms with Crippen LogP contribution in [-0.2, 0) is 6.54 Å². The number of hydrogen-bond donors (Lipinski definition) is 0. The highest BCUT2D eigenvalue weighted by Gasteiger charge is 2.32. The largest absolute Gasteiger partial charge is 0.337 e. The van der Waals surface area contributed by atoms with Crippen LogP contribution >= 0.6 is 0 Å². The molecule has 24 heavy (non-hydrogen) atoms. The quantitative estimate of drug-likeness (QED) is 0.743. The van der Waals surface area contributed by atoms with Crippen LogP contribution in [-0.4, -0.2) is 38.7 Å². The van der Waals surface area contributed by atoms with Crippen LogP contribution in [0.1, 0.15) is 27.4 Å². The summed E-state index contributed by atoms with van der Waals surface area (Å²) in [6, 6.07) is 13.7. The van der Waals surface area contributed by atoms with E-state index >= 15 is 0 Å². The average molecular weight is 318 g/mol. The summed E-state index contributed by atoms with van der Waals surface area (Å²) in [6.45, 7) is 2.19. The first-order valence-corrected chi connectivity index (χ1v) is 8.05. The maximum atomic E-state index is 12.6. The van der Waals surface area contributed by atoms with Crippen molar-refractivity contribution in [2.75, 3.05) is 13.1 Å². The second kappa shape index (κ2) is 6.28. The predicted molar refractivity (Wildman–Crippen MR) is 90.7 cm³/mol. The third-order valence-corrected chi connectivity index (χ3v) is 4.40. The molecule has 0 atom stereocenters. The van der Waals surface area contributed by atoms with Crippen molar-refractivity contribution in [3.05, 3.63) is 83.9 Å². The molecule has 1 aliphatic rings. The van der Waals surface area contributed by atoms with E-state index in [1.54, 1.807) is 12.4 Å². The van der Waals surface area contributed by atoms with Crippen LogP contribution in [0.4, 0.5) is 0 Å². The Balaban J connectivity index is 1.42. The van der Waals surface area contributed by atoms with Gasteiger partial charge in [-0.05, 0) is 35.4 Å². The third-order valence-electron chi connectivity index (χ3n) is 4.40. The molecule has 120 valence electrons. The van der Waals surface area contributed by atoms with Crippen LogP contribution in [0.5, 0.6) is 0 Å². The molecule has 1 aromatic carbocycles. The lowest BCUT2D eigenvalue weighted by Gasteiger charge is -2.39. The molecule has 1 saturated heterocycles. The van der Waals surface area contributed by atoms with E-state index in [4.69, 9.17) is 0 Å². The topological polar surface area (TPSA) is 51.0 Å². The minimum Gasteiger partial charge on any atom is -0.337 e. The minimum absolute atomic E-state index is 0.0949. The monoisotopic (exact) mass is 318 g/mol. The molecular weight excluding hydrogens is 300 g/mol. The highest BCUT2D eigenvalue weighted by Crippen LogP contribution is 2.27. The smallest absolute Gasteiger partial charge is 0.253 e. The van der Waals surface area contributed by atoms with Crippen LogP contribution < -0.4 is 0 Å². The van der Waals surface area contributed by atoms with Crippen molar-refractivity contribution >= 4 is 5.91 Å². The number of aromatic nitrogens is 3. The van der Waals surface area contributed by atoms with Gasteiger partial charge in [-0.25, -0.2) is 0 Å². The number of nitrogens with zero attached hydrogens (tertiary/aromatic N) is 4. The fourth-order valence-corrected chi connectivity index (χ4v) is 3.04. The van der Waals surface area contributed by atoms with Gasteiger partial charge < -0.3 is 4.90 Å². The van der Waals surface area contributed by atoms with Gasteiger partial charge in [-0.15, -0.1) is 0 Å². The number of benzene rings is 1. The van der Waals surface area contributed by atoms with Gasteiger partial charge in [0.2, 0.25) is 0 Å². The van der Waals surface area contributed by atoms with Crippen molar-refractivity contribution in [2.24, 2.45) is 0 Å². The molecule has 0 radical (unpaired) electrons. The molecule has 1 fully saturated rings. The Morgan fingerprint density at radius 2 is 2.04 bits per heavy atom. The molecule has 0 bridgehead atoms. The molecule has 4 rings (SSSR count). The molecule has 3 heterocycles. The Hall–Kier alpha value is -2.95. The van der Waals surface area contributed by atoms with Crippen molar-refractivity contribution in [2.45, 2.75) is 12.5 Å². The van der Waals surface area contributed by atoms with Crippen molar-refractivity contribution in [1.29, 1.82) is 0 Å². The number of carbonyl (C=O) groups excluding carboxylic acids is 1. The molecule has 5 heteroatoms. The number of amides is 1. The first-order chi connectivity index (χ1) is 11.8. The van der Waals surface area contributed by atoms with Crippen LogP contribution in [0.25, 0.3) is 0 Å². The van der Waals surface area contributed by atoms with Gasteiger partial charge in [0.25, 0.3) is 5.91 Å². The Labute approximate surface area is 140 Å². The molecule has 5 nitrogen and oxygen atoms in total. The van der Waals surface area contributed by atoms with E-state index in [-0.39, 0.29) is 5.91 Å². The molecule has 0 saturated carbocycles.